The number of hydrogen-bond acceptors (Lipinski definition) is 8. The molecule has 1 aromatic carbocycles. The lowest BCUT2D eigenvalue weighted by Gasteiger charge is -2.36. The number of benzene rings is 1. The van der Waals surface area contributed by atoms with Gasteiger partial charge in [-0.05, 0) is 19.9 Å². The van der Waals surface area contributed by atoms with Crippen LogP contribution in [0.4, 0.5) is 21.8 Å². The number of aromatic nitrogens is 4. The first-order valence-electron chi connectivity index (χ1n) is 10.4. The molecule has 0 unspecified atom stereocenters. The molecule has 0 saturated carbocycles. The summed E-state index contributed by atoms with van der Waals surface area (Å²) in [6.07, 6.45) is 2.74. The number of carbonyl (C=O) groups is 1. The zero-order valence-electron chi connectivity index (χ0n) is 18.8. The molecule has 33 heavy (non-hydrogen) atoms. The van der Waals surface area contributed by atoms with Gasteiger partial charge in [0.1, 0.15) is 23.3 Å². The Morgan fingerprint density at radius 3 is 2.88 bits per heavy atom. The minimum atomic E-state index is -0.861. The molecule has 11 heteroatoms. The van der Waals surface area contributed by atoms with E-state index in [9.17, 15) is 14.3 Å². The number of rotatable bonds is 7. The summed E-state index contributed by atoms with van der Waals surface area (Å²) in [5.41, 5.74) is 2.86. The smallest absolute Gasteiger partial charge is 0.249 e. The van der Waals surface area contributed by atoms with Gasteiger partial charge in [-0.2, -0.15) is 10.1 Å². The van der Waals surface area contributed by atoms with Gasteiger partial charge in [0, 0.05) is 37.0 Å². The number of ether oxygens (including phenoxy) is 1. The van der Waals surface area contributed by atoms with Crippen LogP contribution >= 0.6 is 0 Å². The molecule has 1 amide bonds. The first-order chi connectivity index (χ1) is 15.8. The molecule has 10 nitrogen and oxygen atoms in total. The minimum absolute atomic E-state index is 0.294. The lowest BCUT2D eigenvalue weighted by Crippen LogP contribution is -2.52. The van der Waals surface area contributed by atoms with Crippen molar-refractivity contribution in [3.8, 4) is 5.75 Å². The second-order valence-corrected chi connectivity index (χ2v) is 7.97. The number of aryl methyl sites for hydroxylation is 1. The van der Waals surface area contributed by atoms with Gasteiger partial charge in [-0.1, -0.05) is 6.07 Å². The first-order valence-corrected chi connectivity index (χ1v) is 10.4. The molecule has 0 fully saturated rings. The molecule has 1 aliphatic rings. The van der Waals surface area contributed by atoms with E-state index in [1.807, 2.05) is 6.20 Å². The number of hydrogen-bond donors (Lipinski definition) is 3. The number of anilines is 3. The van der Waals surface area contributed by atoms with Gasteiger partial charge >= 0.3 is 0 Å². The zero-order chi connectivity index (χ0) is 23.7. The quantitative estimate of drug-likeness (QED) is 0.495. The lowest BCUT2D eigenvalue weighted by atomic mass is 10.1. The maximum Gasteiger partial charge on any atom is 0.249 e. The van der Waals surface area contributed by atoms with Gasteiger partial charge in [-0.25, -0.2) is 9.37 Å². The lowest BCUT2D eigenvalue weighted by molar-refractivity contribution is -0.119. The fourth-order valence-electron chi connectivity index (χ4n) is 3.87. The van der Waals surface area contributed by atoms with Crippen LogP contribution in [0.2, 0.25) is 0 Å². The Morgan fingerprint density at radius 2 is 2.15 bits per heavy atom. The van der Waals surface area contributed by atoms with Crippen LogP contribution in [0.15, 0.2) is 30.6 Å². The second kappa shape index (κ2) is 9.02. The molecular weight excluding hydrogens is 429 g/mol. The number of fused-ring (bicyclic) bond motifs is 1. The van der Waals surface area contributed by atoms with Crippen LogP contribution in [-0.4, -0.2) is 57.1 Å². The van der Waals surface area contributed by atoms with Crippen molar-refractivity contribution in [2.24, 2.45) is 0 Å². The van der Waals surface area contributed by atoms with Crippen molar-refractivity contribution < 1.29 is 19.0 Å². The Balaban J connectivity index is 1.47. The highest BCUT2D eigenvalue weighted by molar-refractivity contribution is 6.03. The summed E-state index contributed by atoms with van der Waals surface area (Å²) >= 11 is 0. The van der Waals surface area contributed by atoms with Crippen molar-refractivity contribution in [3.63, 3.8) is 0 Å². The molecule has 174 valence electrons. The number of carbonyl (C=O) groups excluding carboxylic acids is 1. The number of likely N-dealkylation sites (N-methyl/N-ethyl adjacent to an activating group) is 1. The van der Waals surface area contributed by atoms with Crippen molar-refractivity contribution in [2.45, 2.75) is 39.1 Å². The summed E-state index contributed by atoms with van der Waals surface area (Å²) in [5.74, 6) is 0.750. The molecule has 3 aromatic rings. The van der Waals surface area contributed by atoms with Gasteiger partial charge in [0.25, 0.3) is 0 Å². The summed E-state index contributed by atoms with van der Waals surface area (Å²) in [7, 11) is 3.22. The van der Waals surface area contributed by atoms with E-state index in [0.717, 1.165) is 11.1 Å². The number of halogens is 1. The van der Waals surface area contributed by atoms with E-state index >= 15 is 0 Å². The number of amides is 1. The summed E-state index contributed by atoms with van der Waals surface area (Å²) < 4.78 is 20.4. The second-order valence-electron chi connectivity index (χ2n) is 7.97. The topological polar surface area (TPSA) is 117 Å². The van der Waals surface area contributed by atoms with Crippen molar-refractivity contribution in [3.05, 3.63) is 53.2 Å². The van der Waals surface area contributed by atoms with Crippen molar-refractivity contribution >= 4 is 23.4 Å². The summed E-state index contributed by atoms with van der Waals surface area (Å²) in [6.45, 7) is 4.21. The SMILES string of the molecule is COc1cc(F)ccc1Cn1cc(CNc2nc(C)c3c(n2)N(C)[C@@H]([C@@H](C)O)C(=O)N3)cn1. The molecule has 0 spiro atoms. The molecule has 3 heterocycles. The van der Waals surface area contributed by atoms with E-state index in [0.29, 0.717) is 42.0 Å². The average Bonchev–Trinajstić information content (AvgIpc) is 3.21. The molecule has 0 aliphatic carbocycles. The predicted octanol–water partition coefficient (Wildman–Crippen LogP) is 1.93. The van der Waals surface area contributed by atoms with Crippen molar-refractivity contribution in [2.75, 3.05) is 29.7 Å². The van der Waals surface area contributed by atoms with Crippen LogP contribution in [0.1, 0.15) is 23.7 Å². The summed E-state index contributed by atoms with van der Waals surface area (Å²) in [4.78, 5) is 23.0. The highest BCUT2D eigenvalue weighted by Gasteiger charge is 2.36. The molecular formula is C22H26FN7O3. The standard InChI is InChI=1S/C22H26FN7O3/c1-12-18-20(29(3)19(13(2)31)21(32)27-18)28-22(26-12)24-8-14-9-25-30(10-14)11-15-5-6-16(23)7-17(15)33-4/h5-7,9-10,13,19,31H,8,11H2,1-4H3,(H,27,32)(H,24,26,28)/t13-,19+/m1/s1. The van der Waals surface area contributed by atoms with E-state index in [2.05, 4.69) is 25.7 Å². The Kier molecular flexibility index (Phi) is 6.14. The fourth-order valence-corrected chi connectivity index (χ4v) is 3.87. The van der Waals surface area contributed by atoms with Crippen LogP contribution in [0.5, 0.6) is 5.75 Å². The number of aliphatic hydroxyl groups is 1. The normalized spacial score (nSPS) is 16.2. The van der Waals surface area contributed by atoms with Crippen molar-refractivity contribution in [1.82, 2.24) is 19.7 Å². The first kappa shape index (κ1) is 22.5. The minimum Gasteiger partial charge on any atom is -0.496 e. The Morgan fingerprint density at radius 1 is 1.36 bits per heavy atom. The molecule has 0 radical (unpaired) electrons. The van der Waals surface area contributed by atoms with Gasteiger partial charge in [0.05, 0.1) is 31.6 Å². The van der Waals surface area contributed by atoms with Gasteiger partial charge in [-0.15, -0.1) is 0 Å². The number of methoxy groups -OCH3 is 1. The molecule has 0 saturated heterocycles. The third-order valence-corrected chi connectivity index (χ3v) is 5.51. The highest BCUT2D eigenvalue weighted by atomic mass is 19.1. The van der Waals surface area contributed by atoms with Gasteiger partial charge < -0.3 is 25.4 Å². The summed E-state index contributed by atoms with van der Waals surface area (Å²) in [5, 5.41) is 20.3. The third kappa shape index (κ3) is 4.58. The van der Waals surface area contributed by atoms with Gasteiger partial charge in [-0.3, -0.25) is 9.48 Å². The highest BCUT2D eigenvalue weighted by Crippen LogP contribution is 2.33. The number of nitrogens with one attached hydrogen (secondary N) is 2. The molecule has 0 bridgehead atoms. The zero-order valence-corrected chi connectivity index (χ0v) is 18.8. The van der Waals surface area contributed by atoms with Crippen LogP contribution in [0.3, 0.4) is 0 Å². The largest absolute Gasteiger partial charge is 0.496 e. The van der Waals surface area contributed by atoms with Crippen LogP contribution in [0, 0.1) is 12.7 Å². The Bertz CT molecular complexity index is 1180. The van der Waals surface area contributed by atoms with Crippen LogP contribution in [-0.2, 0) is 17.9 Å². The van der Waals surface area contributed by atoms with E-state index in [1.165, 1.54) is 19.2 Å². The molecule has 3 N–H and O–H groups in total. The Hall–Kier alpha value is -3.73. The van der Waals surface area contributed by atoms with Crippen molar-refractivity contribution in [1.29, 1.82) is 0 Å². The Labute approximate surface area is 190 Å². The number of nitrogens with zero attached hydrogens (tertiary/aromatic N) is 5. The average molecular weight is 455 g/mol. The predicted molar refractivity (Wildman–Crippen MR) is 121 cm³/mol. The van der Waals surface area contributed by atoms with E-state index in [4.69, 9.17) is 4.74 Å². The molecule has 2 atom stereocenters. The van der Waals surface area contributed by atoms with E-state index in [1.54, 1.807) is 42.7 Å². The number of aliphatic hydroxyl groups excluding tert-OH is 1. The van der Waals surface area contributed by atoms with Gasteiger partial charge in [0.2, 0.25) is 11.9 Å². The molecule has 2 aromatic heterocycles. The molecule has 1 aliphatic heterocycles. The summed E-state index contributed by atoms with van der Waals surface area (Å²) in [6, 6.07) is 3.67. The van der Waals surface area contributed by atoms with Crippen LogP contribution < -0.4 is 20.3 Å². The third-order valence-electron chi connectivity index (χ3n) is 5.51. The maximum atomic E-state index is 13.4. The maximum absolute atomic E-state index is 13.4. The van der Waals surface area contributed by atoms with Crippen LogP contribution in [0.25, 0.3) is 0 Å². The van der Waals surface area contributed by atoms with E-state index in [-0.39, 0.29) is 11.7 Å². The van der Waals surface area contributed by atoms with E-state index < -0.39 is 12.1 Å². The monoisotopic (exact) mass is 455 g/mol. The van der Waals surface area contributed by atoms with Gasteiger partial charge in [0.15, 0.2) is 5.82 Å². The molecule has 4 rings (SSSR count). The fraction of sp³-hybridized carbons (Fsp3) is 0.364.